The molecule has 1 rings (SSSR count). The van der Waals surface area contributed by atoms with Gasteiger partial charge in [-0.15, -0.1) is 0 Å². The molecule has 1 aliphatic carbocycles. The van der Waals surface area contributed by atoms with Crippen molar-refractivity contribution in [1.82, 2.24) is 0 Å². The van der Waals surface area contributed by atoms with Crippen LogP contribution in [0.15, 0.2) is 9.98 Å². The number of unbranched alkanes of at least 4 members (excludes halogenated alkanes) is 1. The molecule has 0 N–H and O–H groups in total. The fourth-order valence-electron chi connectivity index (χ4n) is 2.06. The molecule has 0 aromatic rings. The lowest BCUT2D eigenvalue weighted by atomic mass is 9.71. The van der Waals surface area contributed by atoms with Gasteiger partial charge in [0, 0.05) is 0 Å². The van der Waals surface area contributed by atoms with Crippen LogP contribution in [-0.4, -0.2) is 23.7 Å². The van der Waals surface area contributed by atoms with Gasteiger partial charge in [-0.05, 0) is 25.7 Å². The summed E-state index contributed by atoms with van der Waals surface area (Å²) in [6, 6.07) is -0.176. The molecular weight excluding hydrogens is 192 g/mol. The second kappa shape index (κ2) is 5.59. The second-order valence-corrected chi connectivity index (χ2v) is 4.04. The lowest BCUT2D eigenvalue weighted by Gasteiger charge is -2.40. The van der Waals surface area contributed by atoms with E-state index in [1.54, 1.807) is 12.2 Å². The molecule has 0 aromatic carbocycles. The Bertz CT molecular complexity index is 298. The number of rotatable bonds is 6. The molecule has 1 saturated carbocycles. The summed E-state index contributed by atoms with van der Waals surface area (Å²) in [4.78, 5) is 28.4. The molecule has 15 heavy (non-hydrogen) atoms. The van der Waals surface area contributed by atoms with E-state index in [1.807, 2.05) is 0 Å². The molecule has 82 valence electrons. The average Bonchev–Trinajstić information content (AvgIpc) is 2.18. The van der Waals surface area contributed by atoms with Crippen LogP contribution in [0.4, 0.5) is 0 Å². The summed E-state index contributed by atoms with van der Waals surface area (Å²) in [5.74, 6) is 0. The Morgan fingerprint density at radius 1 is 1.33 bits per heavy atom. The van der Waals surface area contributed by atoms with Crippen LogP contribution in [0.5, 0.6) is 0 Å². The predicted molar refractivity (Wildman–Crippen MR) is 56.1 cm³/mol. The van der Waals surface area contributed by atoms with E-state index < -0.39 is 5.54 Å². The van der Waals surface area contributed by atoms with Crippen LogP contribution in [0.1, 0.15) is 45.4 Å². The van der Waals surface area contributed by atoms with Crippen LogP contribution in [0.3, 0.4) is 0 Å². The quantitative estimate of drug-likeness (QED) is 0.496. The van der Waals surface area contributed by atoms with Gasteiger partial charge in [0.05, 0.1) is 11.6 Å². The SMILES string of the molecule is CCCCC(N=C=O)C1(N=C=O)CCC1. The van der Waals surface area contributed by atoms with Gasteiger partial charge in [0.1, 0.15) is 0 Å². The van der Waals surface area contributed by atoms with Crippen LogP contribution in [0.2, 0.25) is 0 Å². The summed E-state index contributed by atoms with van der Waals surface area (Å²) in [5, 5.41) is 0. The molecule has 0 saturated heterocycles. The van der Waals surface area contributed by atoms with Crippen LogP contribution in [-0.2, 0) is 9.59 Å². The Kier molecular flexibility index (Phi) is 4.41. The van der Waals surface area contributed by atoms with Gasteiger partial charge in [-0.25, -0.2) is 9.59 Å². The van der Waals surface area contributed by atoms with Crippen molar-refractivity contribution in [1.29, 1.82) is 0 Å². The first-order valence-electron chi connectivity index (χ1n) is 5.45. The van der Waals surface area contributed by atoms with E-state index in [0.717, 1.165) is 38.5 Å². The fourth-order valence-corrected chi connectivity index (χ4v) is 2.06. The molecule has 4 heteroatoms. The Hall–Kier alpha value is -1.24. The van der Waals surface area contributed by atoms with Crippen LogP contribution < -0.4 is 0 Å². The molecule has 0 amide bonds. The second-order valence-electron chi connectivity index (χ2n) is 4.04. The van der Waals surface area contributed by atoms with E-state index in [9.17, 15) is 9.59 Å². The van der Waals surface area contributed by atoms with Gasteiger partial charge in [0.2, 0.25) is 12.2 Å². The minimum atomic E-state index is -0.436. The lowest BCUT2D eigenvalue weighted by molar-refractivity contribution is 0.196. The number of hydrogen-bond acceptors (Lipinski definition) is 4. The highest BCUT2D eigenvalue weighted by Crippen LogP contribution is 2.41. The van der Waals surface area contributed by atoms with Crippen molar-refractivity contribution in [3.63, 3.8) is 0 Å². The van der Waals surface area contributed by atoms with Gasteiger partial charge in [-0.3, -0.25) is 0 Å². The zero-order valence-corrected chi connectivity index (χ0v) is 9.03. The topological polar surface area (TPSA) is 58.9 Å². The third kappa shape index (κ3) is 2.62. The predicted octanol–water partition coefficient (Wildman–Crippen LogP) is 2.14. The summed E-state index contributed by atoms with van der Waals surface area (Å²) >= 11 is 0. The number of hydrogen-bond donors (Lipinski definition) is 0. The zero-order chi connectivity index (χ0) is 11.1. The minimum Gasteiger partial charge on any atom is -0.211 e. The van der Waals surface area contributed by atoms with Crippen LogP contribution >= 0.6 is 0 Å². The highest BCUT2D eigenvalue weighted by Gasteiger charge is 2.44. The Balaban J connectivity index is 2.75. The van der Waals surface area contributed by atoms with Crippen molar-refractivity contribution in [2.45, 2.75) is 57.0 Å². The number of isocyanates is 2. The molecule has 1 unspecified atom stereocenters. The molecule has 0 radical (unpaired) electrons. The van der Waals surface area contributed by atoms with Gasteiger partial charge in [-0.2, -0.15) is 9.98 Å². The van der Waals surface area contributed by atoms with E-state index >= 15 is 0 Å². The third-order valence-electron chi connectivity index (χ3n) is 3.15. The number of aliphatic imine (C=N–C) groups is 2. The van der Waals surface area contributed by atoms with E-state index in [4.69, 9.17) is 0 Å². The van der Waals surface area contributed by atoms with E-state index in [1.165, 1.54) is 0 Å². The fraction of sp³-hybridized carbons (Fsp3) is 0.818. The summed E-state index contributed by atoms with van der Waals surface area (Å²) in [7, 11) is 0. The van der Waals surface area contributed by atoms with Crippen molar-refractivity contribution in [2.24, 2.45) is 9.98 Å². The molecule has 4 nitrogen and oxygen atoms in total. The third-order valence-corrected chi connectivity index (χ3v) is 3.15. The van der Waals surface area contributed by atoms with Gasteiger partial charge < -0.3 is 0 Å². The van der Waals surface area contributed by atoms with Crippen molar-refractivity contribution in [3.05, 3.63) is 0 Å². The molecule has 1 fully saturated rings. The monoisotopic (exact) mass is 208 g/mol. The normalized spacial score (nSPS) is 19.3. The standard InChI is InChI=1S/C11H16N2O2/c1-2-3-5-10(12-8-14)11(13-9-15)6-4-7-11/h10H,2-7H2,1H3. The largest absolute Gasteiger partial charge is 0.235 e. The first-order valence-corrected chi connectivity index (χ1v) is 5.45. The molecule has 0 bridgehead atoms. The van der Waals surface area contributed by atoms with Crippen molar-refractivity contribution < 1.29 is 9.59 Å². The molecule has 1 atom stereocenters. The maximum Gasteiger partial charge on any atom is 0.235 e. The van der Waals surface area contributed by atoms with Crippen molar-refractivity contribution in [3.8, 4) is 0 Å². The van der Waals surface area contributed by atoms with Gasteiger partial charge in [0.25, 0.3) is 0 Å². The van der Waals surface area contributed by atoms with Crippen LogP contribution in [0, 0.1) is 0 Å². The number of nitrogens with zero attached hydrogens (tertiary/aromatic N) is 2. The van der Waals surface area contributed by atoms with Gasteiger partial charge in [-0.1, -0.05) is 19.8 Å². The maximum atomic E-state index is 10.4. The highest BCUT2D eigenvalue weighted by molar-refractivity contribution is 5.38. The molecule has 0 aliphatic heterocycles. The summed E-state index contributed by atoms with van der Waals surface area (Å²) in [6.45, 7) is 2.08. The highest BCUT2D eigenvalue weighted by atomic mass is 16.1. The molecule has 0 aromatic heterocycles. The average molecular weight is 208 g/mol. The number of carbonyl (C=O) groups excluding carboxylic acids is 2. The van der Waals surface area contributed by atoms with E-state index in [2.05, 4.69) is 16.9 Å². The first kappa shape index (κ1) is 11.8. The summed E-state index contributed by atoms with van der Waals surface area (Å²) < 4.78 is 0. The maximum absolute atomic E-state index is 10.4. The first-order chi connectivity index (χ1) is 7.29. The molecule has 0 spiro atoms. The van der Waals surface area contributed by atoms with Crippen molar-refractivity contribution in [2.75, 3.05) is 0 Å². The van der Waals surface area contributed by atoms with E-state index in [-0.39, 0.29) is 6.04 Å². The summed E-state index contributed by atoms with van der Waals surface area (Å²) in [5.41, 5.74) is -0.436. The van der Waals surface area contributed by atoms with E-state index in [0.29, 0.717) is 0 Å². The molecule has 0 heterocycles. The van der Waals surface area contributed by atoms with Gasteiger partial charge >= 0.3 is 0 Å². The Morgan fingerprint density at radius 3 is 2.47 bits per heavy atom. The minimum absolute atomic E-state index is 0.176. The van der Waals surface area contributed by atoms with Crippen molar-refractivity contribution >= 4 is 12.2 Å². The van der Waals surface area contributed by atoms with Gasteiger partial charge in [0.15, 0.2) is 0 Å². The molecule has 1 aliphatic rings. The Labute approximate surface area is 89.5 Å². The lowest BCUT2D eigenvalue weighted by Crippen LogP contribution is -2.45. The summed E-state index contributed by atoms with van der Waals surface area (Å²) in [6.07, 6.45) is 8.76. The molecular formula is C11H16N2O2. The Morgan fingerprint density at radius 2 is 2.07 bits per heavy atom. The smallest absolute Gasteiger partial charge is 0.211 e. The zero-order valence-electron chi connectivity index (χ0n) is 9.03. The van der Waals surface area contributed by atoms with Crippen LogP contribution in [0.25, 0.3) is 0 Å².